The van der Waals surface area contributed by atoms with Gasteiger partial charge in [-0.3, -0.25) is 0 Å². The van der Waals surface area contributed by atoms with E-state index in [9.17, 15) is 0 Å². The van der Waals surface area contributed by atoms with Crippen molar-refractivity contribution in [3.8, 4) is 22.3 Å². The Balaban J connectivity index is 1.61. The van der Waals surface area contributed by atoms with Crippen molar-refractivity contribution in [2.24, 2.45) is 5.73 Å². The first-order valence-electron chi connectivity index (χ1n) is 9.58. The molecule has 0 bridgehead atoms. The molecule has 0 aliphatic heterocycles. The molecule has 2 nitrogen and oxygen atoms in total. The topological polar surface area (TPSA) is 49.9 Å². The summed E-state index contributed by atoms with van der Waals surface area (Å²) in [6, 6.07) is 36.5. The standard InChI is InChI=1S/C27H22N2/c28-26(24-15-7-13-22(17-24)20-9-3-1-4-10-20)19-27(29)25-16-8-14-23(18-25)21-11-5-2-6-12-21/h1-19,28H,29H2. The first kappa shape index (κ1) is 18.5. The number of nitrogens with one attached hydrogen (secondary N) is 1. The molecule has 2 heteroatoms. The first-order valence-corrected chi connectivity index (χ1v) is 9.58. The van der Waals surface area contributed by atoms with Gasteiger partial charge >= 0.3 is 0 Å². The van der Waals surface area contributed by atoms with Gasteiger partial charge in [-0.2, -0.15) is 0 Å². The van der Waals surface area contributed by atoms with Crippen LogP contribution in [0, 0.1) is 5.41 Å². The third-order valence-electron chi connectivity index (χ3n) is 4.88. The van der Waals surface area contributed by atoms with Gasteiger partial charge in [-0.25, -0.2) is 0 Å². The predicted molar refractivity (Wildman–Crippen MR) is 123 cm³/mol. The zero-order valence-electron chi connectivity index (χ0n) is 16.0. The summed E-state index contributed by atoms with van der Waals surface area (Å²) in [7, 11) is 0. The van der Waals surface area contributed by atoms with E-state index in [2.05, 4.69) is 42.5 Å². The molecule has 0 unspecified atom stereocenters. The number of hydrogen-bond acceptors (Lipinski definition) is 2. The summed E-state index contributed by atoms with van der Waals surface area (Å²) >= 11 is 0. The van der Waals surface area contributed by atoms with Gasteiger partial charge in [-0.15, -0.1) is 0 Å². The molecule has 140 valence electrons. The highest BCUT2D eigenvalue weighted by Gasteiger charge is 2.05. The molecule has 0 fully saturated rings. The van der Waals surface area contributed by atoms with Crippen molar-refractivity contribution in [1.29, 1.82) is 5.41 Å². The fraction of sp³-hybridized carbons (Fsp3) is 0. The van der Waals surface area contributed by atoms with Gasteiger partial charge in [0.15, 0.2) is 0 Å². The number of nitrogens with two attached hydrogens (primary N) is 1. The van der Waals surface area contributed by atoms with Crippen molar-refractivity contribution in [3.05, 3.63) is 126 Å². The molecule has 4 aromatic carbocycles. The number of hydrogen-bond donors (Lipinski definition) is 2. The lowest BCUT2D eigenvalue weighted by Crippen LogP contribution is -2.03. The Kier molecular flexibility index (Phi) is 5.35. The van der Waals surface area contributed by atoms with Gasteiger partial charge < -0.3 is 11.1 Å². The largest absolute Gasteiger partial charge is 0.398 e. The van der Waals surface area contributed by atoms with E-state index in [1.165, 1.54) is 0 Å². The summed E-state index contributed by atoms with van der Waals surface area (Å²) in [5.41, 5.74) is 13.6. The summed E-state index contributed by atoms with van der Waals surface area (Å²) in [6.07, 6.45) is 1.73. The molecule has 0 atom stereocenters. The molecule has 0 radical (unpaired) electrons. The molecular weight excluding hydrogens is 352 g/mol. The molecule has 0 aliphatic carbocycles. The molecule has 3 N–H and O–H groups in total. The second-order valence-electron chi connectivity index (χ2n) is 6.91. The van der Waals surface area contributed by atoms with E-state index in [4.69, 9.17) is 11.1 Å². The fourth-order valence-corrected chi connectivity index (χ4v) is 3.33. The lowest BCUT2D eigenvalue weighted by Gasteiger charge is -2.08. The van der Waals surface area contributed by atoms with Crippen LogP contribution in [0.25, 0.3) is 28.0 Å². The van der Waals surface area contributed by atoms with Crippen LogP contribution in [0.15, 0.2) is 115 Å². The summed E-state index contributed by atoms with van der Waals surface area (Å²) in [5, 5.41) is 8.53. The molecule has 0 saturated heterocycles. The minimum Gasteiger partial charge on any atom is -0.398 e. The summed E-state index contributed by atoms with van der Waals surface area (Å²) in [4.78, 5) is 0. The maximum Gasteiger partial charge on any atom is 0.0633 e. The lowest BCUT2D eigenvalue weighted by molar-refractivity contribution is 1.47. The lowest BCUT2D eigenvalue weighted by atomic mass is 9.99. The maximum atomic E-state index is 8.53. The zero-order chi connectivity index (χ0) is 20.1. The van der Waals surface area contributed by atoms with E-state index >= 15 is 0 Å². The Hall–Kier alpha value is -3.91. The summed E-state index contributed by atoms with van der Waals surface area (Å²) < 4.78 is 0. The van der Waals surface area contributed by atoms with E-state index in [-0.39, 0.29) is 0 Å². The third kappa shape index (κ3) is 4.33. The highest BCUT2D eigenvalue weighted by Crippen LogP contribution is 2.23. The second kappa shape index (κ2) is 8.41. The molecule has 0 spiro atoms. The highest BCUT2D eigenvalue weighted by molar-refractivity contribution is 6.10. The van der Waals surface area contributed by atoms with Crippen LogP contribution < -0.4 is 5.73 Å². The minimum atomic E-state index is 0.394. The molecule has 29 heavy (non-hydrogen) atoms. The Labute approximate surface area is 171 Å². The smallest absolute Gasteiger partial charge is 0.0633 e. The van der Waals surface area contributed by atoms with Gasteiger partial charge in [0.1, 0.15) is 0 Å². The van der Waals surface area contributed by atoms with Crippen molar-refractivity contribution < 1.29 is 0 Å². The quantitative estimate of drug-likeness (QED) is 0.391. The molecular formula is C27H22N2. The van der Waals surface area contributed by atoms with Gasteiger partial charge in [0, 0.05) is 11.3 Å². The molecule has 4 aromatic rings. The summed E-state index contributed by atoms with van der Waals surface area (Å²) in [6.45, 7) is 0. The van der Waals surface area contributed by atoms with Crippen LogP contribution in [-0.2, 0) is 0 Å². The Morgan fingerprint density at radius 3 is 1.55 bits per heavy atom. The van der Waals surface area contributed by atoms with Crippen LogP contribution in [-0.4, -0.2) is 5.71 Å². The van der Waals surface area contributed by atoms with Crippen molar-refractivity contribution in [2.75, 3.05) is 0 Å². The van der Waals surface area contributed by atoms with Gasteiger partial charge in [0.05, 0.1) is 5.71 Å². The molecule has 0 heterocycles. The predicted octanol–water partition coefficient (Wildman–Crippen LogP) is 6.39. The first-order chi connectivity index (χ1) is 14.2. The van der Waals surface area contributed by atoms with E-state index < -0.39 is 0 Å². The highest BCUT2D eigenvalue weighted by atomic mass is 14.6. The van der Waals surface area contributed by atoms with Crippen molar-refractivity contribution >= 4 is 11.4 Å². The van der Waals surface area contributed by atoms with Gasteiger partial charge in [-0.1, -0.05) is 97.1 Å². The van der Waals surface area contributed by atoms with Crippen LogP contribution >= 0.6 is 0 Å². The fourth-order valence-electron chi connectivity index (χ4n) is 3.33. The van der Waals surface area contributed by atoms with Crippen LogP contribution in [0.2, 0.25) is 0 Å². The average molecular weight is 374 g/mol. The van der Waals surface area contributed by atoms with E-state index in [1.807, 2.05) is 66.7 Å². The average Bonchev–Trinajstić information content (AvgIpc) is 2.80. The molecule has 0 aliphatic rings. The van der Waals surface area contributed by atoms with E-state index in [1.54, 1.807) is 6.08 Å². The molecule has 4 rings (SSSR count). The molecule has 0 amide bonds. The van der Waals surface area contributed by atoms with Crippen LogP contribution in [0.1, 0.15) is 11.1 Å². The van der Waals surface area contributed by atoms with Gasteiger partial charge in [0.25, 0.3) is 0 Å². The van der Waals surface area contributed by atoms with Crippen molar-refractivity contribution in [3.63, 3.8) is 0 Å². The Bertz CT molecular complexity index is 1160. The van der Waals surface area contributed by atoms with E-state index in [0.717, 1.165) is 33.4 Å². The van der Waals surface area contributed by atoms with E-state index in [0.29, 0.717) is 11.4 Å². The minimum absolute atomic E-state index is 0.394. The number of benzene rings is 4. The SMILES string of the molecule is N=C(C=C(N)c1cccc(-c2ccccc2)c1)c1cccc(-c2ccccc2)c1. The second-order valence-corrected chi connectivity index (χ2v) is 6.91. The molecule has 0 aromatic heterocycles. The van der Waals surface area contributed by atoms with Crippen LogP contribution in [0.3, 0.4) is 0 Å². The Morgan fingerprint density at radius 2 is 1.00 bits per heavy atom. The zero-order valence-corrected chi connectivity index (χ0v) is 16.0. The summed E-state index contributed by atoms with van der Waals surface area (Å²) in [5.74, 6) is 0. The van der Waals surface area contributed by atoms with Gasteiger partial charge in [0.2, 0.25) is 0 Å². The van der Waals surface area contributed by atoms with Crippen LogP contribution in [0.5, 0.6) is 0 Å². The van der Waals surface area contributed by atoms with Crippen molar-refractivity contribution in [1.82, 2.24) is 0 Å². The van der Waals surface area contributed by atoms with Crippen LogP contribution in [0.4, 0.5) is 0 Å². The number of rotatable bonds is 5. The maximum absolute atomic E-state index is 8.53. The monoisotopic (exact) mass is 374 g/mol. The normalized spacial score (nSPS) is 11.2. The van der Waals surface area contributed by atoms with Crippen molar-refractivity contribution in [2.45, 2.75) is 0 Å². The number of allylic oxidation sites excluding steroid dienone is 1. The Morgan fingerprint density at radius 1 is 0.552 bits per heavy atom. The molecule has 0 saturated carbocycles. The van der Waals surface area contributed by atoms with Gasteiger partial charge in [-0.05, 0) is 46.0 Å². The third-order valence-corrected chi connectivity index (χ3v) is 4.88.